The highest BCUT2D eigenvalue weighted by molar-refractivity contribution is 5.84. The van der Waals surface area contributed by atoms with Gasteiger partial charge in [-0.15, -0.1) is 0 Å². The predicted molar refractivity (Wildman–Crippen MR) is 145 cm³/mol. The Balaban J connectivity index is 1.83. The minimum absolute atomic E-state index is 0.0385. The summed E-state index contributed by atoms with van der Waals surface area (Å²) in [6.45, 7) is 5.09. The van der Waals surface area contributed by atoms with Crippen LogP contribution in [0.15, 0.2) is 76.6 Å². The number of nitro groups is 1. The fourth-order valence-corrected chi connectivity index (χ4v) is 3.81. The van der Waals surface area contributed by atoms with Gasteiger partial charge in [-0.2, -0.15) is 9.78 Å². The van der Waals surface area contributed by atoms with Gasteiger partial charge in [0.15, 0.2) is 17.7 Å². The molecule has 39 heavy (non-hydrogen) atoms. The van der Waals surface area contributed by atoms with Gasteiger partial charge in [0.2, 0.25) is 5.75 Å². The van der Waals surface area contributed by atoms with E-state index < -0.39 is 28.2 Å². The van der Waals surface area contributed by atoms with Gasteiger partial charge in [-0.25, -0.2) is 9.78 Å². The van der Waals surface area contributed by atoms with E-state index in [9.17, 15) is 19.7 Å². The number of rotatable bonds is 10. The van der Waals surface area contributed by atoms with Gasteiger partial charge in [-0.3, -0.25) is 14.9 Å². The lowest BCUT2D eigenvalue weighted by Gasteiger charge is -2.17. The van der Waals surface area contributed by atoms with Gasteiger partial charge in [0.25, 0.3) is 5.56 Å². The van der Waals surface area contributed by atoms with E-state index in [0.717, 1.165) is 4.68 Å². The van der Waals surface area contributed by atoms with Gasteiger partial charge in [0, 0.05) is 17.2 Å². The number of carbonyl (C=O) groups is 1. The Morgan fingerprint density at radius 2 is 1.82 bits per heavy atom. The first-order chi connectivity index (χ1) is 18.8. The van der Waals surface area contributed by atoms with Gasteiger partial charge in [0.1, 0.15) is 0 Å². The van der Waals surface area contributed by atoms with Crippen molar-refractivity contribution in [1.82, 2.24) is 9.66 Å². The summed E-state index contributed by atoms with van der Waals surface area (Å²) < 4.78 is 17.3. The number of nitrogens with zero attached hydrogens (tertiary/aromatic N) is 4. The first-order valence-corrected chi connectivity index (χ1v) is 12.2. The van der Waals surface area contributed by atoms with E-state index in [0.29, 0.717) is 22.3 Å². The van der Waals surface area contributed by atoms with Crippen molar-refractivity contribution in [2.24, 2.45) is 5.10 Å². The first-order valence-electron chi connectivity index (χ1n) is 12.2. The zero-order chi connectivity index (χ0) is 27.9. The molecule has 0 radical (unpaired) electrons. The minimum Gasteiger partial charge on any atom is -0.490 e. The highest BCUT2D eigenvalue weighted by Crippen LogP contribution is 2.39. The van der Waals surface area contributed by atoms with Crippen LogP contribution in [-0.2, 0) is 9.53 Å². The summed E-state index contributed by atoms with van der Waals surface area (Å²) >= 11 is 0. The zero-order valence-electron chi connectivity index (χ0n) is 21.6. The number of ether oxygens (including phenoxy) is 3. The number of benzene rings is 3. The highest BCUT2D eigenvalue weighted by Gasteiger charge is 2.27. The molecule has 0 amide bonds. The van der Waals surface area contributed by atoms with Crippen LogP contribution in [0.4, 0.5) is 5.69 Å². The van der Waals surface area contributed by atoms with Crippen molar-refractivity contribution in [2.45, 2.75) is 26.9 Å². The molecular formula is C28H26N4O7. The summed E-state index contributed by atoms with van der Waals surface area (Å²) in [5, 5.41) is 16.7. The monoisotopic (exact) mass is 530 g/mol. The number of fused-ring (bicyclic) bond motifs is 1. The Bertz CT molecular complexity index is 1600. The van der Waals surface area contributed by atoms with Gasteiger partial charge in [-0.05, 0) is 39.0 Å². The van der Waals surface area contributed by atoms with Crippen LogP contribution in [0.1, 0.15) is 26.3 Å². The van der Waals surface area contributed by atoms with E-state index in [2.05, 4.69) is 10.1 Å². The van der Waals surface area contributed by atoms with Crippen LogP contribution in [-0.4, -0.2) is 46.1 Å². The van der Waals surface area contributed by atoms with E-state index in [1.54, 1.807) is 50.2 Å². The second kappa shape index (κ2) is 12.0. The molecule has 0 aliphatic carbocycles. The van der Waals surface area contributed by atoms with Crippen molar-refractivity contribution in [3.05, 3.63) is 92.8 Å². The van der Waals surface area contributed by atoms with Gasteiger partial charge < -0.3 is 14.2 Å². The molecule has 1 atom stereocenters. The number of hydrogen-bond donors (Lipinski definition) is 0. The van der Waals surface area contributed by atoms with Gasteiger partial charge in [-0.1, -0.05) is 42.5 Å². The molecule has 0 unspecified atom stereocenters. The Hall–Kier alpha value is -5.06. The molecule has 0 fully saturated rings. The minimum atomic E-state index is -1.11. The van der Waals surface area contributed by atoms with E-state index in [1.807, 2.05) is 18.2 Å². The maximum absolute atomic E-state index is 13.4. The third kappa shape index (κ3) is 5.93. The molecule has 0 saturated heterocycles. The normalized spacial score (nSPS) is 11.9. The quantitative estimate of drug-likeness (QED) is 0.126. The van der Waals surface area contributed by atoms with Crippen molar-refractivity contribution in [1.29, 1.82) is 0 Å². The number of carbonyl (C=O) groups excluding carboxylic acids is 1. The average Bonchev–Trinajstić information content (AvgIpc) is 2.94. The first kappa shape index (κ1) is 27.0. The van der Waals surface area contributed by atoms with Crippen LogP contribution in [0, 0.1) is 10.1 Å². The van der Waals surface area contributed by atoms with E-state index >= 15 is 0 Å². The van der Waals surface area contributed by atoms with Crippen molar-refractivity contribution in [2.75, 3.05) is 13.2 Å². The summed E-state index contributed by atoms with van der Waals surface area (Å²) in [6.07, 6.45) is 0.191. The molecule has 11 heteroatoms. The summed E-state index contributed by atoms with van der Waals surface area (Å²) in [5.74, 6) is -0.541. The van der Waals surface area contributed by atoms with Crippen molar-refractivity contribution in [3.63, 3.8) is 0 Å². The topological polar surface area (TPSA) is 135 Å². The zero-order valence-corrected chi connectivity index (χ0v) is 21.6. The molecule has 1 heterocycles. The predicted octanol–water partition coefficient (Wildman–Crippen LogP) is 4.58. The molecule has 0 N–H and O–H groups in total. The fourth-order valence-electron chi connectivity index (χ4n) is 3.81. The summed E-state index contributed by atoms with van der Waals surface area (Å²) in [4.78, 5) is 41.4. The van der Waals surface area contributed by atoms with Crippen LogP contribution >= 0.6 is 0 Å². The smallest absolute Gasteiger partial charge is 0.347 e. The second-order valence-electron chi connectivity index (χ2n) is 8.25. The number of hydrogen-bond acceptors (Lipinski definition) is 9. The molecular weight excluding hydrogens is 504 g/mol. The molecule has 200 valence electrons. The molecule has 1 aromatic heterocycles. The van der Waals surface area contributed by atoms with Crippen LogP contribution in [0.25, 0.3) is 22.3 Å². The molecule has 4 aromatic rings. The lowest BCUT2D eigenvalue weighted by Crippen LogP contribution is -2.26. The second-order valence-corrected chi connectivity index (χ2v) is 8.25. The molecule has 0 aliphatic heterocycles. The van der Waals surface area contributed by atoms with Gasteiger partial charge in [0.05, 0.1) is 35.3 Å². The average molecular weight is 531 g/mol. The Morgan fingerprint density at radius 3 is 2.51 bits per heavy atom. The fraction of sp³-hybridized carbons (Fsp3) is 0.214. The SMILES string of the molecule is CCOC(=O)[C@H](C)Oc1c(OCC)cc(C=Nn2c(-c3ccccc3)nc3ccccc3c2=O)cc1[N+](=O)[O-]. The lowest BCUT2D eigenvalue weighted by molar-refractivity contribution is -0.386. The number of esters is 1. The standard InChI is InChI=1S/C28H26N4O7/c1-4-37-24-16-19(15-23(32(35)36)25(24)39-18(3)28(34)38-5-2)17-29-31-26(20-11-7-6-8-12-20)30-22-14-10-9-13-21(22)27(31)33/h6-18H,4-5H2,1-3H3/t18-/m0/s1. The Kier molecular flexibility index (Phi) is 8.30. The maximum Gasteiger partial charge on any atom is 0.347 e. The summed E-state index contributed by atoms with van der Waals surface area (Å²) in [5.41, 5.74) is 0.596. The molecule has 11 nitrogen and oxygen atoms in total. The van der Waals surface area contributed by atoms with Crippen molar-refractivity contribution >= 4 is 28.8 Å². The number of nitro benzene ring substituents is 1. The number of aromatic nitrogens is 2. The molecule has 0 saturated carbocycles. The third-order valence-electron chi connectivity index (χ3n) is 5.58. The van der Waals surface area contributed by atoms with Crippen molar-refractivity contribution < 1.29 is 23.9 Å². The highest BCUT2D eigenvalue weighted by atomic mass is 16.6. The maximum atomic E-state index is 13.4. The summed E-state index contributed by atoms with van der Waals surface area (Å²) in [7, 11) is 0. The van der Waals surface area contributed by atoms with E-state index in [1.165, 1.54) is 25.3 Å². The van der Waals surface area contributed by atoms with Gasteiger partial charge >= 0.3 is 11.7 Å². The lowest BCUT2D eigenvalue weighted by atomic mass is 10.1. The van der Waals surface area contributed by atoms with E-state index in [-0.39, 0.29) is 30.3 Å². The Morgan fingerprint density at radius 1 is 1.10 bits per heavy atom. The summed E-state index contributed by atoms with van der Waals surface area (Å²) in [6, 6.07) is 18.7. The molecule has 0 aliphatic rings. The third-order valence-corrected chi connectivity index (χ3v) is 5.58. The largest absolute Gasteiger partial charge is 0.490 e. The number of para-hydroxylation sites is 1. The molecule has 4 rings (SSSR count). The van der Waals surface area contributed by atoms with Crippen LogP contribution in [0.5, 0.6) is 11.5 Å². The molecule has 0 bridgehead atoms. The molecule has 0 spiro atoms. The van der Waals surface area contributed by atoms with E-state index in [4.69, 9.17) is 14.2 Å². The Labute approximate surface area is 223 Å². The van der Waals surface area contributed by atoms with Crippen molar-refractivity contribution in [3.8, 4) is 22.9 Å². The van der Waals surface area contributed by atoms with Crippen LogP contribution in [0.3, 0.4) is 0 Å². The van der Waals surface area contributed by atoms with Crippen LogP contribution < -0.4 is 15.0 Å². The van der Waals surface area contributed by atoms with Crippen LogP contribution in [0.2, 0.25) is 0 Å². The molecule has 3 aromatic carbocycles.